The van der Waals surface area contributed by atoms with Crippen molar-refractivity contribution in [3.05, 3.63) is 29.0 Å². The minimum Gasteiger partial charge on any atom is -0.247 e. The highest BCUT2D eigenvalue weighted by Gasteiger charge is 2.40. The van der Waals surface area contributed by atoms with Crippen molar-refractivity contribution in [1.29, 1.82) is 0 Å². The minimum atomic E-state index is -3.69. The van der Waals surface area contributed by atoms with Gasteiger partial charge in [-0.2, -0.15) is 0 Å². The Hall–Kier alpha value is -0.680. The van der Waals surface area contributed by atoms with E-state index < -0.39 is 27.1 Å². The summed E-state index contributed by atoms with van der Waals surface area (Å²) in [7, 11) is -3.69. The Balaban J connectivity index is 2.37. The summed E-state index contributed by atoms with van der Waals surface area (Å²) in [5.41, 5.74) is 0. The van der Waals surface area contributed by atoms with Gasteiger partial charge in [0.1, 0.15) is 12.0 Å². The van der Waals surface area contributed by atoms with E-state index >= 15 is 0 Å². The zero-order chi connectivity index (χ0) is 13.5. The molecule has 1 aromatic rings. The van der Waals surface area contributed by atoms with Gasteiger partial charge in [-0.3, -0.25) is 0 Å². The molecule has 0 saturated heterocycles. The molecule has 1 aromatic carbocycles. The molecule has 3 atom stereocenters. The van der Waals surface area contributed by atoms with Crippen LogP contribution in [0.15, 0.2) is 23.1 Å². The number of alkyl halides is 1. The largest absolute Gasteiger partial charge is 0.247 e. The van der Waals surface area contributed by atoms with E-state index in [4.69, 9.17) is 11.6 Å². The highest BCUT2D eigenvalue weighted by atomic mass is 35.5. The van der Waals surface area contributed by atoms with E-state index in [1.165, 1.54) is 0 Å². The average molecular weight is 295 g/mol. The molecule has 6 heteroatoms. The second kappa shape index (κ2) is 4.78. The van der Waals surface area contributed by atoms with E-state index in [1.807, 2.05) is 0 Å². The molecule has 0 bridgehead atoms. The van der Waals surface area contributed by atoms with Gasteiger partial charge in [0.25, 0.3) is 0 Å². The van der Waals surface area contributed by atoms with E-state index in [-0.39, 0.29) is 28.7 Å². The number of halogens is 3. The summed E-state index contributed by atoms with van der Waals surface area (Å²) in [6, 6.07) is 3.15. The first kappa shape index (κ1) is 13.7. The lowest BCUT2D eigenvalue weighted by molar-refractivity contribution is 0.278. The van der Waals surface area contributed by atoms with Crippen molar-refractivity contribution in [2.45, 2.75) is 36.1 Å². The van der Waals surface area contributed by atoms with Crippen LogP contribution in [0.3, 0.4) is 0 Å². The van der Waals surface area contributed by atoms with Crippen molar-refractivity contribution < 1.29 is 17.2 Å². The van der Waals surface area contributed by atoms with Crippen molar-refractivity contribution in [3.63, 3.8) is 0 Å². The van der Waals surface area contributed by atoms with E-state index in [1.54, 1.807) is 6.92 Å². The Labute approximate surface area is 110 Å². The summed E-state index contributed by atoms with van der Waals surface area (Å²) < 4.78 is 50.9. The standard InChI is InChI=1S/C12H13ClF2O2S/c1-7-4-9(6-11(7)15)18(16,17)12-3-2-8(14)5-10(12)13/h2-3,5,7,9,11H,4,6H2,1H3/t7-,9-,11-/m1/s1. The third-order valence-electron chi connectivity index (χ3n) is 3.38. The third kappa shape index (κ3) is 2.38. The lowest BCUT2D eigenvalue weighted by Gasteiger charge is -2.12. The number of hydrogen-bond acceptors (Lipinski definition) is 2. The first-order chi connectivity index (χ1) is 8.32. The highest BCUT2D eigenvalue weighted by Crippen LogP contribution is 2.37. The van der Waals surface area contributed by atoms with Crippen LogP contribution in [0.1, 0.15) is 19.8 Å². The maximum Gasteiger partial charge on any atom is 0.182 e. The van der Waals surface area contributed by atoms with Crippen LogP contribution in [0.5, 0.6) is 0 Å². The second-order valence-electron chi connectivity index (χ2n) is 4.71. The van der Waals surface area contributed by atoms with E-state index in [0.717, 1.165) is 18.2 Å². The molecule has 0 heterocycles. The van der Waals surface area contributed by atoms with Crippen molar-refractivity contribution in [2.75, 3.05) is 0 Å². The van der Waals surface area contributed by atoms with Crippen molar-refractivity contribution in [1.82, 2.24) is 0 Å². The third-order valence-corrected chi connectivity index (χ3v) is 6.04. The van der Waals surface area contributed by atoms with E-state index in [2.05, 4.69) is 0 Å². The van der Waals surface area contributed by atoms with Gasteiger partial charge in [0.05, 0.1) is 15.2 Å². The number of benzene rings is 1. The first-order valence-electron chi connectivity index (χ1n) is 5.65. The summed E-state index contributed by atoms with van der Waals surface area (Å²) in [6.45, 7) is 1.69. The molecule has 0 amide bonds. The van der Waals surface area contributed by atoms with Crippen LogP contribution in [0.4, 0.5) is 8.78 Å². The predicted molar refractivity (Wildman–Crippen MR) is 65.7 cm³/mol. The minimum absolute atomic E-state index is 0.0167. The van der Waals surface area contributed by atoms with Gasteiger partial charge in [0.2, 0.25) is 0 Å². The molecular formula is C12H13ClF2O2S. The smallest absolute Gasteiger partial charge is 0.182 e. The van der Waals surface area contributed by atoms with Gasteiger partial charge in [0, 0.05) is 0 Å². The molecule has 100 valence electrons. The molecule has 0 unspecified atom stereocenters. The van der Waals surface area contributed by atoms with Crippen LogP contribution >= 0.6 is 11.6 Å². The topological polar surface area (TPSA) is 34.1 Å². The lowest BCUT2D eigenvalue weighted by Crippen LogP contribution is -2.19. The molecule has 0 aliphatic heterocycles. The summed E-state index contributed by atoms with van der Waals surface area (Å²) >= 11 is 5.75. The quantitative estimate of drug-likeness (QED) is 0.784. The van der Waals surface area contributed by atoms with Crippen LogP contribution in [0.2, 0.25) is 5.02 Å². The summed E-state index contributed by atoms with van der Waals surface area (Å²) in [4.78, 5) is -0.114. The molecule has 0 radical (unpaired) electrons. The average Bonchev–Trinajstić information content (AvgIpc) is 2.59. The zero-order valence-electron chi connectivity index (χ0n) is 9.74. The number of rotatable bonds is 2. The fourth-order valence-corrected chi connectivity index (χ4v) is 4.71. The fourth-order valence-electron chi connectivity index (χ4n) is 2.28. The summed E-state index contributed by atoms with van der Waals surface area (Å²) in [5.74, 6) is -0.869. The number of hydrogen-bond donors (Lipinski definition) is 0. The van der Waals surface area contributed by atoms with E-state index in [0.29, 0.717) is 0 Å². The van der Waals surface area contributed by atoms with Gasteiger partial charge in [-0.25, -0.2) is 17.2 Å². The van der Waals surface area contributed by atoms with Gasteiger partial charge < -0.3 is 0 Å². The summed E-state index contributed by atoms with van der Waals surface area (Å²) in [6.07, 6.45) is -0.849. The lowest BCUT2D eigenvalue weighted by atomic mass is 10.1. The maximum atomic E-state index is 13.4. The zero-order valence-corrected chi connectivity index (χ0v) is 11.3. The van der Waals surface area contributed by atoms with Crippen molar-refractivity contribution >= 4 is 21.4 Å². The Bertz CT molecular complexity index is 549. The molecule has 1 saturated carbocycles. The van der Waals surface area contributed by atoms with Gasteiger partial charge >= 0.3 is 0 Å². The second-order valence-corrected chi connectivity index (χ2v) is 7.31. The van der Waals surface area contributed by atoms with Crippen LogP contribution in [-0.2, 0) is 9.84 Å². The van der Waals surface area contributed by atoms with Crippen LogP contribution in [0, 0.1) is 11.7 Å². The molecule has 2 nitrogen and oxygen atoms in total. The van der Waals surface area contributed by atoms with E-state index in [9.17, 15) is 17.2 Å². The van der Waals surface area contributed by atoms with Gasteiger partial charge in [-0.1, -0.05) is 18.5 Å². The van der Waals surface area contributed by atoms with Gasteiger partial charge in [-0.05, 0) is 37.0 Å². The molecule has 2 rings (SSSR count). The highest BCUT2D eigenvalue weighted by molar-refractivity contribution is 7.92. The molecule has 18 heavy (non-hydrogen) atoms. The molecule has 0 spiro atoms. The molecule has 1 fully saturated rings. The number of sulfone groups is 1. The van der Waals surface area contributed by atoms with Gasteiger partial charge in [0.15, 0.2) is 9.84 Å². The monoisotopic (exact) mass is 294 g/mol. The Morgan fingerprint density at radius 3 is 2.50 bits per heavy atom. The van der Waals surface area contributed by atoms with Crippen LogP contribution in [0.25, 0.3) is 0 Å². The van der Waals surface area contributed by atoms with Crippen molar-refractivity contribution in [2.24, 2.45) is 5.92 Å². The fraction of sp³-hybridized carbons (Fsp3) is 0.500. The molecule has 0 N–H and O–H groups in total. The molecule has 1 aliphatic rings. The van der Waals surface area contributed by atoms with Gasteiger partial charge in [-0.15, -0.1) is 0 Å². The SMILES string of the molecule is C[C@@H]1C[C@@H](S(=O)(=O)c2ccc(F)cc2Cl)C[C@H]1F. The first-order valence-corrected chi connectivity index (χ1v) is 7.58. The molecular weight excluding hydrogens is 282 g/mol. The predicted octanol–water partition coefficient (Wildman–Crippen LogP) is 3.39. The Kier molecular flexibility index (Phi) is 3.65. The Morgan fingerprint density at radius 1 is 1.33 bits per heavy atom. The molecule has 1 aliphatic carbocycles. The Morgan fingerprint density at radius 2 is 2.00 bits per heavy atom. The molecule has 0 aromatic heterocycles. The summed E-state index contributed by atoms with van der Waals surface area (Å²) in [5, 5.41) is -0.921. The normalized spacial score (nSPS) is 28.6. The van der Waals surface area contributed by atoms with Crippen LogP contribution in [-0.4, -0.2) is 19.8 Å². The maximum absolute atomic E-state index is 13.4. The van der Waals surface area contributed by atoms with Crippen molar-refractivity contribution in [3.8, 4) is 0 Å². The van der Waals surface area contributed by atoms with Crippen LogP contribution < -0.4 is 0 Å².